The predicted octanol–water partition coefficient (Wildman–Crippen LogP) is 4.91. The van der Waals surface area contributed by atoms with Crippen LogP contribution in [-0.2, 0) is 0 Å². The molecule has 0 saturated carbocycles. The molecule has 24 heavy (non-hydrogen) atoms. The van der Waals surface area contributed by atoms with Crippen LogP contribution in [0.4, 0.5) is 0 Å². The average Bonchev–Trinajstić information content (AvgIpc) is 3.35. The summed E-state index contributed by atoms with van der Waals surface area (Å²) in [5.41, 5.74) is 5.09. The molecule has 3 nitrogen and oxygen atoms in total. The van der Waals surface area contributed by atoms with Gasteiger partial charge in [-0.2, -0.15) is 0 Å². The number of benzene rings is 2. The second-order valence-electron chi connectivity index (χ2n) is 5.59. The van der Waals surface area contributed by atoms with Crippen molar-refractivity contribution in [1.29, 1.82) is 0 Å². The summed E-state index contributed by atoms with van der Waals surface area (Å²) >= 11 is 0. The summed E-state index contributed by atoms with van der Waals surface area (Å²) in [6, 6.07) is 23.2. The van der Waals surface area contributed by atoms with E-state index in [9.17, 15) is 4.79 Å². The molecule has 116 valence electrons. The van der Waals surface area contributed by atoms with Gasteiger partial charge in [-0.3, -0.25) is 4.79 Å². The van der Waals surface area contributed by atoms with Gasteiger partial charge < -0.3 is 9.97 Å². The Labute approximate surface area is 140 Å². The van der Waals surface area contributed by atoms with Crippen molar-refractivity contribution >= 4 is 5.78 Å². The second kappa shape index (κ2) is 6.05. The standard InChI is InChI=1S/C21H16N2O/c24-21(17-9-3-1-7-15(17)19-11-5-13-22-19)18-10-4-2-8-16(18)20-12-6-14-23-20/h1-14,22-23H. The molecular weight excluding hydrogens is 296 g/mol. The van der Waals surface area contributed by atoms with Crippen molar-refractivity contribution in [3.63, 3.8) is 0 Å². The highest BCUT2D eigenvalue weighted by molar-refractivity contribution is 6.15. The molecule has 2 aromatic carbocycles. The molecule has 0 bridgehead atoms. The zero-order valence-electron chi connectivity index (χ0n) is 13.0. The third-order valence-corrected chi connectivity index (χ3v) is 4.12. The first-order valence-electron chi connectivity index (χ1n) is 7.85. The van der Waals surface area contributed by atoms with Crippen LogP contribution in [0.5, 0.6) is 0 Å². The molecule has 0 saturated heterocycles. The number of nitrogens with one attached hydrogen (secondary N) is 2. The van der Waals surface area contributed by atoms with E-state index in [-0.39, 0.29) is 5.78 Å². The Morgan fingerprint density at radius 1 is 0.583 bits per heavy atom. The zero-order valence-corrected chi connectivity index (χ0v) is 13.0. The summed E-state index contributed by atoms with van der Waals surface area (Å²) in [6.45, 7) is 0. The Morgan fingerprint density at radius 3 is 1.46 bits per heavy atom. The first kappa shape index (κ1) is 14.3. The molecule has 2 N–H and O–H groups in total. The van der Waals surface area contributed by atoms with Crippen molar-refractivity contribution < 1.29 is 4.79 Å². The van der Waals surface area contributed by atoms with E-state index in [2.05, 4.69) is 9.97 Å². The molecule has 0 aliphatic carbocycles. The van der Waals surface area contributed by atoms with Crippen LogP contribution in [0.1, 0.15) is 15.9 Å². The highest BCUT2D eigenvalue weighted by atomic mass is 16.1. The monoisotopic (exact) mass is 312 g/mol. The van der Waals surface area contributed by atoms with Gasteiger partial charge in [0.1, 0.15) is 0 Å². The first-order valence-corrected chi connectivity index (χ1v) is 7.85. The summed E-state index contributed by atoms with van der Waals surface area (Å²) < 4.78 is 0. The highest BCUT2D eigenvalue weighted by Gasteiger charge is 2.18. The number of carbonyl (C=O) groups excluding carboxylic acids is 1. The lowest BCUT2D eigenvalue weighted by Crippen LogP contribution is -2.05. The Kier molecular flexibility index (Phi) is 3.60. The molecule has 0 unspecified atom stereocenters. The Bertz CT molecular complexity index is 887. The normalized spacial score (nSPS) is 10.7. The van der Waals surface area contributed by atoms with Gasteiger partial charge in [0.15, 0.2) is 5.78 Å². The third-order valence-electron chi connectivity index (χ3n) is 4.12. The van der Waals surface area contributed by atoms with Crippen LogP contribution in [0, 0.1) is 0 Å². The van der Waals surface area contributed by atoms with E-state index in [0.717, 1.165) is 22.5 Å². The molecule has 0 aliphatic rings. The fourth-order valence-corrected chi connectivity index (χ4v) is 2.97. The quantitative estimate of drug-likeness (QED) is 0.517. The number of aromatic amines is 2. The van der Waals surface area contributed by atoms with Crippen LogP contribution in [0.2, 0.25) is 0 Å². The molecular formula is C21H16N2O. The van der Waals surface area contributed by atoms with Crippen LogP contribution >= 0.6 is 0 Å². The lowest BCUT2D eigenvalue weighted by atomic mass is 9.93. The fraction of sp³-hybridized carbons (Fsp3) is 0. The van der Waals surface area contributed by atoms with E-state index >= 15 is 0 Å². The molecule has 2 heterocycles. The van der Waals surface area contributed by atoms with Crippen LogP contribution in [0.15, 0.2) is 85.2 Å². The van der Waals surface area contributed by atoms with Gasteiger partial charge in [-0.25, -0.2) is 0 Å². The largest absolute Gasteiger partial charge is 0.361 e. The van der Waals surface area contributed by atoms with Crippen molar-refractivity contribution in [1.82, 2.24) is 9.97 Å². The summed E-state index contributed by atoms with van der Waals surface area (Å²) in [4.78, 5) is 19.6. The van der Waals surface area contributed by atoms with E-state index in [0.29, 0.717) is 11.1 Å². The van der Waals surface area contributed by atoms with Crippen molar-refractivity contribution in [2.75, 3.05) is 0 Å². The minimum Gasteiger partial charge on any atom is -0.361 e. The zero-order chi connectivity index (χ0) is 16.4. The number of rotatable bonds is 4. The van der Waals surface area contributed by atoms with Crippen LogP contribution < -0.4 is 0 Å². The number of hydrogen-bond acceptors (Lipinski definition) is 1. The van der Waals surface area contributed by atoms with Crippen molar-refractivity contribution in [2.24, 2.45) is 0 Å². The van der Waals surface area contributed by atoms with Gasteiger partial charge >= 0.3 is 0 Å². The number of hydrogen-bond donors (Lipinski definition) is 2. The summed E-state index contributed by atoms with van der Waals surface area (Å²) in [7, 11) is 0. The summed E-state index contributed by atoms with van der Waals surface area (Å²) in [6.07, 6.45) is 3.73. The molecule has 3 heteroatoms. The van der Waals surface area contributed by atoms with Gasteiger partial charge in [0.2, 0.25) is 0 Å². The molecule has 4 rings (SSSR count). The molecule has 2 aromatic heterocycles. The molecule has 0 atom stereocenters. The number of carbonyl (C=O) groups is 1. The van der Waals surface area contributed by atoms with E-state index in [1.165, 1.54) is 0 Å². The highest BCUT2D eigenvalue weighted by Crippen LogP contribution is 2.28. The van der Waals surface area contributed by atoms with E-state index in [1.54, 1.807) is 0 Å². The molecule has 0 aliphatic heterocycles. The SMILES string of the molecule is O=C(c1ccccc1-c1ccc[nH]1)c1ccccc1-c1ccc[nH]1. The Hall–Kier alpha value is -3.33. The summed E-state index contributed by atoms with van der Waals surface area (Å²) in [5.74, 6) is 0.0189. The number of H-pyrrole nitrogens is 2. The molecule has 0 spiro atoms. The van der Waals surface area contributed by atoms with Gasteiger partial charge in [0.05, 0.1) is 0 Å². The van der Waals surface area contributed by atoms with Crippen LogP contribution in [0.3, 0.4) is 0 Å². The first-order chi connectivity index (χ1) is 11.8. The Balaban J connectivity index is 1.85. The lowest BCUT2D eigenvalue weighted by molar-refractivity contribution is 0.104. The maximum absolute atomic E-state index is 13.3. The van der Waals surface area contributed by atoms with E-state index in [1.807, 2.05) is 85.2 Å². The lowest BCUT2D eigenvalue weighted by Gasteiger charge is -2.11. The molecule has 0 radical (unpaired) electrons. The predicted molar refractivity (Wildman–Crippen MR) is 95.9 cm³/mol. The maximum Gasteiger partial charge on any atom is 0.194 e. The van der Waals surface area contributed by atoms with Crippen LogP contribution in [-0.4, -0.2) is 15.8 Å². The smallest absolute Gasteiger partial charge is 0.194 e. The van der Waals surface area contributed by atoms with Gasteiger partial charge in [0, 0.05) is 46.0 Å². The van der Waals surface area contributed by atoms with Gasteiger partial charge in [-0.1, -0.05) is 48.5 Å². The maximum atomic E-state index is 13.3. The van der Waals surface area contributed by atoms with E-state index < -0.39 is 0 Å². The van der Waals surface area contributed by atoms with E-state index in [4.69, 9.17) is 0 Å². The minimum absolute atomic E-state index is 0.0189. The topological polar surface area (TPSA) is 48.6 Å². The summed E-state index contributed by atoms with van der Waals surface area (Å²) in [5, 5.41) is 0. The third kappa shape index (κ3) is 2.46. The number of aromatic nitrogens is 2. The Morgan fingerprint density at radius 2 is 1.04 bits per heavy atom. The minimum atomic E-state index is 0.0189. The van der Waals surface area contributed by atoms with Gasteiger partial charge in [-0.05, 0) is 24.3 Å². The molecule has 0 fully saturated rings. The fourth-order valence-electron chi connectivity index (χ4n) is 2.97. The van der Waals surface area contributed by atoms with Crippen molar-refractivity contribution in [2.45, 2.75) is 0 Å². The van der Waals surface area contributed by atoms with Crippen molar-refractivity contribution in [3.8, 4) is 22.5 Å². The van der Waals surface area contributed by atoms with Crippen molar-refractivity contribution in [3.05, 3.63) is 96.3 Å². The average molecular weight is 312 g/mol. The number of ketones is 1. The van der Waals surface area contributed by atoms with Gasteiger partial charge in [-0.15, -0.1) is 0 Å². The van der Waals surface area contributed by atoms with Gasteiger partial charge in [0.25, 0.3) is 0 Å². The molecule has 0 amide bonds. The van der Waals surface area contributed by atoms with Crippen LogP contribution in [0.25, 0.3) is 22.5 Å². The molecule has 4 aromatic rings. The second-order valence-corrected chi connectivity index (χ2v) is 5.59.